The van der Waals surface area contributed by atoms with Crippen LogP contribution in [0.1, 0.15) is 87.4 Å². The van der Waals surface area contributed by atoms with Gasteiger partial charge >= 0.3 is 18.3 Å². The van der Waals surface area contributed by atoms with Crippen LogP contribution in [-0.2, 0) is 58.8 Å². The van der Waals surface area contributed by atoms with Gasteiger partial charge in [0.05, 0.1) is 27.7 Å². The first-order valence-corrected chi connectivity index (χ1v) is 24.0. The summed E-state index contributed by atoms with van der Waals surface area (Å²) in [4.78, 5) is 44.5. The zero-order valence-corrected chi connectivity index (χ0v) is 40.4. The van der Waals surface area contributed by atoms with Crippen molar-refractivity contribution in [1.82, 2.24) is 29.9 Å². The molecule has 1 fully saturated rings. The summed E-state index contributed by atoms with van der Waals surface area (Å²) in [5.74, 6) is -11.5. The number of anilines is 1. The molecule has 2 aliphatic carbocycles. The Morgan fingerprint density at radius 2 is 1.57 bits per heavy atom. The number of thioether (sulfide) groups is 1. The molecule has 0 bridgehead atoms. The summed E-state index contributed by atoms with van der Waals surface area (Å²) in [7, 11) is 0. The second-order valence-electron chi connectivity index (χ2n) is 17.7. The number of carboxylic acids is 1. The maximum absolute atomic E-state index is 15.4. The van der Waals surface area contributed by atoms with Crippen molar-refractivity contribution < 1.29 is 63.4 Å². The van der Waals surface area contributed by atoms with E-state index in [-0.39, 0.29) is 62.3 Å². The van der Waals surface area contributed by atoms with Crippen LogP contribution in [0.15, 0.2) is 42.5 Å². The number of fused-ring (bicyclic) bond motifs is 2. The van der Waals surface area contributed by atoms with Crippen LogP contribution in [-0.4, -0.2) is 70.9 Å². The first-order chi connectivity index (χ1) is 32.0. The molecule has 0 aliphatic heterocycles. The number of halogens is 11. The van der Waals surface area contributed by atoms with Gasteiger partial charge < -0.3 is 10.4 Å². The van der Waals surface area contributed by atoms with E-state index in [1.807, 2.05) is 11.8 Å². The van der Waals surface area contributed by atoms with E-state index in [1.165, 1.54) is 30.5 Å². The molecule has 3 heterocycles. The Hall–Kier alpha value is -5.03. The number of alkyl halides is 8. The molecule has 2 aliphatic rings. The third-order valence-electron chi connectivity index (χ3n) is 11.6. The molecule has 11 nitrogen and oxygen atoms in total. The van der Waals surface area contributed by atoms with Gasteiger partial charge in [-0.3, -0.25) is 28.7 Å². The second-order valence-corrected chi connectivity index (χ2v) is 20.4. The first kappa shape index (κ1) is 53.3. The smallest absolute Gasteiger partial charge is 0.435 e. The van der Waals surface area contributed by atoms with Crippen LogP contribution in [0, 0.1) is 23.0 Å². The highest BCUT2D eigenvalue weighted by atomic mass is 35.5. The number of benzene rings is 2. The highest BCUT2D eigenvalue weighted by molar-refractivity contribution is 8.00. The Kier molecular flexibility index (Phi) is 15.2. The van der Waals surface area contributed by atoms with Gasteiger partial charge in [0.25, 0.3) is 11.8 Å². The molecule has 1 saturated carbocycles. The third-order valence-corrected chi connectivity index (χ3v) is 13.9. The minimum atomic E-state index is -5.16. The highest BCUT2D eigenvalue weighted by Gasteiger charge is 2.59. The molecule has 0 spiro atoms. The summed E-state index contributed by atoms with van der Waals surface area (Å²) in [6, 6.07) is 6.31. The number of rotatable bonds is 13. The van der Waals surface area contributed by atoms with Gasteiger partial charge in [0.1, 0.15) is 35.8 Å². The van der Waals surface area contributed by atoms with Crippen molar-refractivity contribution in [2.75, 3.05) is 16.8 Å². The van der Waals surface area contributed by atoms with E-state index < -0.39 is 114 Å². The van der Waals surface area contributed by atoms with Crippen LogP contribution in [0.3, 0.4) is 0 Å². The number of nitrogens with zero attached hydrogens (tertiary/aromatic N) is 6. The van der Waals surface area contributed by atoms with Gasteiger partial charge in [-0.25, -0.2) is 13.1 Å². The number of nitrogens with one attached hydrogen (secondary N) is 1. The summed E-state index contributed by atoms with van der Waals surface area (Å²) in [5, 5.41) is 19.5. The van der Waals surface area contributed by atoms with Crippen LogP contribution >= 0.6 is 35.3 Å². The van der Waals surface area contributed by atoms with Crippen LogP contribution < -0.4 is 9.62 Å². The molecule has 2 atom stereocenters. The molecule has 5 aromatic rings. The second kappa shape index (κ2) is 19.6. The SMILES string of the molecule is CCc1ccc(-c2ccc(Cl)c3c(N(SC)C(=O)C4(C(=O)O)CC4)nn(CC(F)(F)F)c23)c(C(Cc2cc(F)cc(F)c2)NC(=O)Cn2nc(C(F)(F)F)c3c2C(F)(F)[C@H](C)C3)n1.CSC(C)(C)C. The Morgan fingerprint density at radius 3 is 2.09 bits per heavy atom. The standard InChI is InChI=1S/C40H34ClF10N7O4S.C5H12S/c1-4-22-5-6-23(24-7-8-26(41)29-31(24)57(17-38(44,45)46)55-34(29)58(63-3)35(60)37(9-10-37)36(61)62)30(52-22)27(14-19-12-20(42)15-21(43)13-19)53-28(59)16-56-33-25(11-18(2)39(33,47)48)32(54-56)40(49,50)51;1-5(2,3)6-4/h5-8,12-13,15,18,27H,4,9-11,14,16-17H2,1-3H3,(H,53,59)(H,61,62);1-4H3/t18-,27?;/m1./s1. The lowest BCUT2D eigenvalue weighted by Crippen LogP contribution is -2.37. The molecule has 7 rings (SSSR count). The molecule has 374 valence electrons. The summed E-state index contributed by atoms with van der Waals surface area (Å²) in [6.45, 7) is 6.39. The molecular weight excluding hydrogens is 992 g/mol. The van der Waals surface area contributed by atoms with Crippen LogP contribution in [0.25, 0.3) is 22.0 Å². The van der Waals surface area contributed by atoms with Crippen molar-refractivity contribution in [3.05, 3.63) is 93.0 Å². The van der Waals surface area contributed by atoms with Gasteiger partial charge in [-0.05, 0) is 80.1 Å². The van der Waals surface area contributed by atoms with Crippen molar-refractivity contribution >= 4 is 69.8 Å². The maximum atomic E-state index is 15.4. The Morgan fingerprint density at radius 1 is 0.957 bits per heavy atom. The van der Waals surface area contributed by atoms with Crippen molar-refractivity contribution in [3.63, 3.8) is 0 Å². The molecule has 3 aromatic heterocycles. The van der Waals surface area contributed by atoms with E-state index in [4.69, 9.17) is 11.6 Å². The predicted octanol–water partition coefficient (Wildman–Crippen LogP) is 11.4. The van der Waals surface area contributed by atoms with Gasteiger partial charge in [0, 0.05) is 45.4 Å². The van der Waals surface area contributed by atoms with E-state index in [0.717, 1.165) is 23.4 Å². The molecule has 2 aromatic carbocycles. The Bertz CT molecular complexity index is 2770. The van der Waals surface area contributed by atoms with Crippen LogP contribution in [0.4, 0.5) is 49.7 Å². The van der Waals surface area contributed by atoms with Crippen LogP contribution in [0.5, 0.6) is 0 Å². The molecule has 0 radical (unpaired) electrons. The molecule has 24 heteroatoms. The topological polar surface area (TPSA) is 135 Å². The van der Waals surface area contributed by atoms with Gasteiger partial charge in [-0.2, -0.15) is 57.1 Å². The van der Waals surface area contributed by atoms with Crippen molar-refractivity contribution in [2.24, 2.45) is 11.3 Å². The van der Waals surface area contributed by atoms with Crippen molar-refractivity contribution in [1.29, 1.82) is 0 Å². The largest absolute Gasteiger partial charge is 0.480 e. The van der Waals surface area contributed by atoms with Crippen molar-refractivity contribution in [2.45, 2.75) is 109 Å². The lowest BCUT2D eigenvalue weighted by atomic mass is 9.93. The average Bonchev–Trinajstić information content (AvgIpc) is 3.79. The normalized spacial score (nSPS) is 16.7. The summed E-state index contributed by atoms with van der Waals surface area (Å²) < 4.78 is 147. The summed E-state index contributed by atoms with van der Waals surface area (Å²) in [5.41, 5.74) is -5.73. The minimum absolute atomic E-state index is 0.0307. The number of aromatic nitrogens is 5. The molecule has 2 N–H and O–H groups in total. The first-order valence-electron chi connectivity index (χ1n) is 21.2. The zero-order chi connectivity index (χ0) is 51.3. The van der Waals surface area contributed by atoms with E-state index in [0.29, 0.717) is 33.1 Å². The summed E-state index contributed by atoms with van der Waals surface area (Å²) >= 11 is 9.22. The fraction of sp³-hybridized carbons (Fsp3) is 0.467. The average molecular weight is 1040 g/mol. The predicted molar refractivity (Wildman–Crippen MR) is 242 cm³/mol. The fourth-order valence-electron chi connectivity index (χ4n) is 7.85. The maximum Gasteiger partial charge on any atom is 0.435 e. The molecule has 0 saturated heterocycles. The minimum Gasteiger partial charge on any atom is -0.480 e. The Balaban J connectivity index is 0.00000122. The van der Waals surface area contributed by atoms with Crippen molar-refractivity contribution in [3.8, 4) is 11.1 Å². The lowest BCUT2D eigenvalue weighted by Gasteiger charge is -2.24. The summed E-state index contributed by atoms with van der Waals surface area (Å²) in [6.07, 6.45) is -7.68. The van der Waals surface area contributed by atoms with E-state index in [1.54, 1.807) is 6.92 Å². The molecule has 1 unspecified atom stereocenters. The number of carboxylic acid groups (broad SMARTS) is 1. The van der Waals surface area contributed by atoms with E-state index >= 15 is 8.78 Å². The number of carbonyl (C=O) groups excluding carboxylic acids is 2. The van der Waals surface area contributed by atoms with E-state index in [9.17, 15) is 54.6 Å². The number of hydrogen-bond acceptors (Lipinski definition) is 8. The number of carbonyl (C=O) groups is 3. The third kappa shape index (κ3) is 11.3. The van der Waals surface area contributed by atoms with Gasteiger partial charge in [-0.1, -0.05) is 58.4 Å². The zero-order valence-electron chi connectivity index (χ0n) is 38.0. The number of amides is 2. The lowest BCUT2D eigenvalue weighted by molar-refractivity contribution is -0.148. The number of aliphatic carboxylic acids is 1. The van der Waals surface area contributed by atoms with E-state index in [2.05, 4.69) is 47.5 Å². The molecular formula is C45H46ClF10N7O4S2. The number of pyridine rings is 1. The van der Waals surface area contributed by atoms with Gasteiger partial charge in [0.2, 0.25) is 5.91 Å². The molecule has 69 heavy (non-hydrogen) atoms. The fourth-order valence-corrected chi connectivity index (χ4v) is 8.73. The van der Waals surface area contributed by atoms with Crippen LogP contribution in [0.2, 0.25) is 5.02 Å². The number of aryl methyl sites for hydroxylation is 1. The van der Waals surface area contributed by atoms with Gasteiger partial charge in [-0.15, -0.1) is 0 Å². The van der Waals surface area contributed by atoms with Gasteiger partial charge in [0.15, 0.2) is 11.5 Å². The monoisotopic (exact) mass is 1040 g/mol. The quantitative estimate of drug-likeness (QED) is 0.0671. The molecule has 2 amide bonds. The Labute approximate surface area is 402 Å². The number of hydrogen-bond donors (Lipinski definition) is 2. The highest BCUT2D eigenvalue weighted by Crippen LogP contribution is 2.52.